The fraction of sp³-hybridized carbons (Fsp3) is 0.529. The number of hydrogen-bond donors (Lipinski definition) is 0. The number of nitrogens with zero attached hydrogens (tertiary/aromatic N) is 3. The smallest absolute Gasteiger partial charge is 0.325 e. The van der Waals surface area contributed by atoms with Crippen molar-refractivity contribution >= 4 is 29.2 Å². The summed E-state index contributed by atoms with van der Waals surface area (Å²) in [5.41, 5.74) is 0.781. The number of piperidine rings is 1. The van der Waals surface area contributed by atoms with E-state index in [0.717, 1.165) is 25.1 Å². The van der Waals surface area contributed by atoms with Crippen LogP contribution in [0.4, 0.5) is 10.5 Å². The number of carbonyl (C=O) groups excluding carboxylic acids is 2. The van der Waals surface area contributed by atoms with Crippen LogP contribution in [0.1, 0.15) is 26.2 Å². The Labute approximate surface area is 141 Å². The first kappa shape index (κ1) is 16.1. The van der Waals surface area contributed by atoms with E-state index in [1.807, 2.05) is 17.0 Å². The summed E-state index contributed by atoms with van der Waals surface area (Å²) in [5.74, 6) is 0.0542. The lowest BCUT2D eigenvalue weighted by Gasteiger charge is -2.34. The molecule has 0 saturated carbocycles. The minimum absolute atomic E-state index is 0.0542. The largest absolute Gasteiger partial charge is 0.338 e. The quantitative estimate of drug-likeness (QED) is 0.852. The van der Waals surface area contributed by atoms with Gasteiger partial charge in [-0.3, -0.25) is 9.69 Å². The minimum Gasteiger partial charge on any atom is -0.338 e. The molecule has 0 aliphatic carbocycles. The first-order valence-corrected chi connectivity index (χ1v) is 8.55. The zero-order chi connectivity index (χ0) is 16.4. The summed E-state index contributed by atoms with van der Waals surface area (Å²) in [6.45, 7) is 4.21. The van der Waals surface area contributed by atoms with Gasteiger partial charge in [0.2, 0.25) is 5.91 Å². The van der Waals surface area contributed by atoms with Crippen molar-refractivity contribution in [3.63, 3.8) is 0 Å². The molecular formula is C17H22ClN3O2. The van der Waals surface area contributed by atoms with Gasteiger partial charge in [-0.1, -0.05) is 17.7 Å². The standard InChI is InChI=1S/C17H22ClN3O2/c1-13-5-2-3-8-20(13)16(22)12-19-9-10-21(17(19)23)15-7-4-6-14(18)11-15/h4,6-7,11,13H,2-3,5,8-10,12H2,1H3/t13-/m1/s1. The van der Waals surface area contributed by atoms with Crippen molar-refractivity contribution in [3.05, 3.63) is 29.3 Å². The molecule has 0 unspecified atom stereocenters. The average molecular weight is 336 g/mol. The fourth-order valence-electron chi connectivity index (χ4n) is 3.34. The van der Waals surface area contributed by atoms with Crippen LogP contribution >= 0.6 is 11.6 Å². The molecule has 2 aliphatic rings. The molecule has 5 nitrogen and oxygen atoms in total. The molecule has 3 amide bonds. The van der Waals surface area contributed by atoms with Crippen LogP contribution in [0.3, 0.4) is 0 Å². The number of halogens is 1. The lowest BCUT2D eigenvalue weighted by atomic mass is 10.0. The maximum atomic E-state index is 12.6. The Morgan fingerprint density at radius 3 is 2.83 bits per heavy atom. The minimum atomic E-state index is -0.120. The maximum Gasteiger partial charge on any atom is 0.325 e. The Bertz CT molecular complexity index is 607. The van der Waals surface area contributed by atoms with Crippen LogP contribution in [0.15, 0.2) is 24.3 Å². The first-order chi connectivity index (χ1) is 11.1. The van der Waals surface area contributed by atoms with Crippen molar-refractivity contribution in [1.29, 1.82) is 0 Å². The van der Waals surface area contributed by atoms with Gasteiger partial charge in [0.05, 0.1) is 0 Å². The van der Waals surface area contributed by atoms with Crippen LogP contribution in [0.5, 0.6) is 0 Å². The molecule has 0 bridgehead atoms. The average Bonchev–Trinajstić information content (AvgIpc) is 2.88. The lowest BCUT2D eigenvalue weighted by Crippen LogP contribution is -2.47. The maximum absolute atomic E-state index is 12.6. The van der Waals surface area contributed by atoms with Gasteiger partial charge in [0.1, 0.15) is 6.54 Å². The fourth-order valence-corrected chi connectivity index (χ4v) is 3.52. The molecule has 2 fully saturated rings. The Balaban J connectivity index is 1.64. The highest BCUT2D eigenvalue weighted by Crippen LogP contribution is 2.24. The van der Waals surface area contributed by atoms with Gasteiger partial charge in [-0.25, -0.2) is 4.79 Å². The van der Waals surface area contributed by atoms with Gasteiger partial charge < -0.3 is 9.80 Å². The number of likely N-dealkylation sites (tertiary alicyclic amines) is 1. The summed E-state index contributed by atoms with van der Waals surface area (Å²) in [5, 5.41) is 0.604. The van der Waals surface area contributed by atoms with E-state index in [-0.39, 0.29) is 24.5 Å². The van der Waals surface area contributed by atoms with Crippen molar-refractivity contribution in [2.45, 2.75) is 32.2 Å². The zero-order valence-corrected chi connectivity index (χ0v) is 14.1. The topological polar surface area (TPSA) is 43.9 Å². The number of benzene rings is 1. The monoisotopic (exact) mass is 335 g/mol. The number of carbonyl (C=O) groups is 2. The van der Waals surface area contributed by atoms with Crippen molar-refractivity contribution < 1.29 is 9.59 Å². The molecular weight excluding hydrogens is 314 g/mol. The third-order valence-corrected chi connectivity index (χ3v) is 4.90. The van der Waals surface area contributed by atoms with E-state index in [1.54, 1.807) is 21.9 Å². The van der Waals surface area contributed by atoms with Gasteiger partial charge in [0.25, 0.3) is 0 Å². The summed E-state index contributed by atoms with van der Waals surface area (Å²) in [4.78, 5) is 30.3. The molecule has 23 heavy (non-hydrogen) atoms. The third-order valence-electron chi connectivity index (χ3n) is 4.66. The molecule has 3 rings (SSSR count). The molecule has 1 atom stereocenters. The zero-order valence-electron chi connectivity index (χ0n) is 13.4. The van der Waals surface area contributed by atoms with Gasteiger partial charge in [-0.2, -0.15) is 0 Å². The second-order valence-corrected chi connectivity index (χ2v) is 6.70. The van der Waals surface area contributed by atoms with Gasteiger partial charge in [0.15, 0.2) is 0 Å². The van der Waals surface area contributed by atoms with E-state index < -0.39 is 0 Å². The molecule has 0 spiro atoms. The van der Waals surface area contributed by atoms with Crippen molar-refractivity contribution in [2.24, 2.45) is 0 Å². The molecule has 2 saturated heterocycles. The van der Waals surface area contributed by atoms with E-state index in [1.165, 1.54) is 6.42 Å². The van der Waals surface area contributed by atoms with Crippen molar-refractivity contribution in [3.8, 4) is 0 Å². The highest BCUT2D eigenvalue weighted by atomic mass is 35.5. The van der Waals surface area contributed by atoms with Gasteiger partial charge >= 0.3 is 6.03 Å². The highest BCUT2D eigenvalue weighted by molar-refractivity contribution is 6.30. The van der Waals surface area contributed by atoms with Gasteiger partial charge in [0, 0.05) is 36.4 Å². The predicted octanol–water partition coefficient (Wildman–Crippen LogP) is 2.98. The summed E-state index contributed by atoms with van der Waals surface area (Å²) < 4.78 is 0. The van der Waals surface area contributed by atoms with Gasteiger partial charge in [-0.05, 0) is 44.4 Å². The van der Waals surface area contributed by atoms with E-state index >= 15 is 0 Å². The predicted molar refractivity (Wildman–Crippen MR) is 90.8 cm³/mol. The second kappa shape index (κ2) is 6.79. The van der Waals surface area contributed by atoms with Crippen molar-refractivity contribution in [1.82, 2.24) is 9.80 Å². The number of rotatable bonds is 3. The Morgan fingerprint density at radius 2 is 2.09 bits per heavy atom. The van der Waals surface area contributed by atoms with Crippen LogP contribution in [0.25, 0.3) is 0 Å². The van der Waals surface area contributed by atoms with E-state index in [9.17, 15) is 9.59 Å². The van der Waals surface area contributed by atoms with Crippen LogP contribution in [0.2, 0.25) is 5.02 Å². The summed E-state index contributed by atoms with van der Waals surface area (Å²) in [6, 6.07) is 7.40. The molecule has 124 valence electrons. The second-order valence-electron chi connectivity index (χ2n) is 6.27. The Hall–Kier alpha value is -1.75. The number of anilines is 1. The van der Waals surface area contributed by atoms with Crippen LogP contribution in [0, 0.1) is 0 Å². The Morgan fingerprint density at radius 1 is 1.26 bits per heavy atom. The molecule has 0 aromatic heterocycles. The molecule has 6 heteroatoms. The van der Waals surface area contributed by atoms with Crippen LogP contribution in [-0.2, 0) is 4.79 Å². The normalized spacial score (nSPS) is 21.9. The van der Waals surface area contributed by atoms with E-state index in [2.05, 4.69) is 6.92 Å². The summed E-state index contributed by atoms with van der Waals surface area (Å²) in [6.07, 6.45) is 3.28. The van der Waals surface area contributed by atoms with Crippen molar-refractivity contribution in [2.75, 3.05) is 31.1 Å². The lowest BCUT2D eigenvalue weighted by molar-refractivity contribution is -0.134. The molecule has 2 aliphatic heterocycles. The molecule has 1 aromatic rings. The Kier molecular flexibility index (Phi) is 4.76. The van der Waals surface area contributed by atoms with E-state index in [4.69, 9.17) is 11.6 Å². The molecule has 0 radical (unpaired) electrons. The van der Waals surface area contributed by atoms with Crippen LogP contribution < -0.4 is 4.90 Å². The number of hydrogen-bond acceptors (Lipinski definition) is 2. The molecule has 1 aromatic carbocycles. The van der Waals surface area contributed by atoms with Gasteiger partial charge in [-0.15, -0.1) is 0 Å². The highest BCUT2D eigenvalue weighted by Gasteiger charge is 2.33. The molecule has 2 heterocycles. The SMILES string of the molecule is C[C@@H]1CCCCN1C(=O)CN1CCN(c2cccc(Cl)c2)C1=O. The van der Waals surface area contributed by atoms with Crippen LogP contribution in [-0.4, -0.2) is 54.0 Å². The third kappa shape index (κ3) is 3.44. The number of urea groups is 1. The molecule has 0 N–H and O–H groups in total. The van der Waals surface area contributed by atoms with E-state index in [0.29, 0.717) is 18.1 Å². The summed E-state index contributed by atoms with van der Waals surface area (Å²) >= 11 is 6.00. The first-order valence-electron chi connectivity index (χ1n) is 8.18. The number of amides is 3. The summed E-state index contributed by atoms with van der Waals surface area (Å²) in [7, 11) is 0.